The highest BCUT2D eigenvalue weighted by atomic mass is 16.5. The highest BCUT2D eigenvalue weighted by molar-refractivity contribution is 5.79. The summed E-state index contributed by atoms with van der Waals surface area (Å²) >= 11 is 0. The van der Waals surface area contributed by atoms with Crippen LogP contribution in [0, 0.1) is 0 Å². The van der Waals surface area contributed by atoms with Gasteiger partial charge in [0.2, 0.25) is 11.8 Å². The van der Waals surface area contributed by atoms with Crippen molar-refractivity contribution in [2.75, 3.05) is 20.2 Å². The minimum atomic E-state index is 0.114. The molecule has 27 heavy (non-hydrogen) atoms. The van der Waals surface area contributed by atoms with E-state index in [-0.39, 0.29) is 11.8 Å². The summed E-state index contributed by atoms with van der Waals surface area (Å²) in [6, 6.07) is 17.6. The van der Waals surface area contributed by atoms with Crippen molar-refractivity contribution in [1.29, 1.82) is 0 Å². The Balaban J connectivity index is 1.33. The molecule has 0 aliphatic carbocycles. The van der Waals surface area contributed by atoms with E-state index in [4.69, 9.17) is 9.26 Å². The van der Waals surface area contributed by atoms with Crippen LogP contribution in [-0.4, -0.2) is 41.1 Å². The van der Waals surface area contributed by atoms with Gasteiger partial charge in [0.1, 0.15) is 5.75 Å². The van der Waals surface area contributed by atoms with Gasteiger partial charge in [0.05, 0.1) is 19.4 Å². The molecule has 0 atom stereocenters. The van der Waals surface area contributed by atoms with E-state index in [0.717, 1.165) is 16.9 Å². The van der Waals surface area contributed by atoms with E-state index in [1.807, 2.05) is 59.5 Å². The molecule has 1 aromatic heterocycles. The lowest BCUT2D eigenvalue weighted by atomic mass is 9.99. The summed E-state index contributed by atoms with van der Waals surface area (Å²) in [7, 11) is 1.65. The molecule has 1 saturated heterocycles. The average Bonchev–Trinajstić information content (AvgIpc) is 3.10. The molecule has 138 valence electrons. The van der Waals surface area contributed by atoms with Crippen LogP contribution in [0.2, 0.25) is 0 Å². The van der Waals surface area contributed by atoms with Gasteiger partial charge >= 0.3 is 0 Å². The molecule has 3 aromatic rings. The first kappa shape index (κ1) is 17.3. The van der Waals surface area contributed by atoms with E-state index in [0.29, 0.717) is 37.6 Å². The zero-order chi connectivity index (χ0) is 18.6. The molecule has 1 aliphatic heterocycles. The molecule has 4 rings (SSSR count). The number of hydrogen-bond acceptors (Lipinski definition) is 5. The molecule has 0 radical (unpaired) electrons. The van der Waals surface area contributed by atoms with Crippen LogP contribution in [-0.2, 0) is 17.6 Å². The molecule has 1 aliphatic rings. The molecule has 6 heteroatoms. The molecule has 0 bridgehead atoms. The SMILES string of the molecule is COc1ccccc1Cc1noc(C2CN(C(=O)Cc3ccccc3)C2)n1. The van der Waals surface area contributed by atoms with Crippen molar-refractivity contribution in [2.45, 2.75) is 18.8 Å². The fourth-order valence-corrected chi connectivity index (χ4v) is 3.25. The number of nitrogens with zero attached hydrogens (tertiary/aromatic N) is 3. The van der Waals surface area contributed by atoms with E-state index in [2.05, 4.69) is 10.1 Å². The zero-order valence-corrected chi connectivity index (χ0v) is 15.2. The lowest BCUT2D eigenvalue weighted by molar-refractivity contribution is -0.135. The molecular weight excluding hydrogens is 342 g/mol. The van der Waals surface area contributed by atoms with Crippen LogP contribution in [0.5, 0.6) is 5.75 Å². The van der Waals surface area contributed by atoms with Crippen molar-refractivity contribution in [1.82, 2.24) is 15.0 Å². The Labute approximate surface area is 157 Å². The number of amides is 1. The van der Waals surface area contributed by atoms with E-state index in [1.54, 1.807) is 7.11 Å². The van der Waals surface area contributed by atoms with Crippen molar-refractivity contribution >= 4 is 5.91 Å². The Hall–Kier alpha value is -3.15. The van der Waals surface area contributed by atoms with Gasteiger partial charge in [-0.05, 0) is 11.6 Å². The van der Waals surface area contributed by atoms with Gasteiger partial charge in [0.15, 0.2) is 5.82 Å². The van der Waals surface area contributed by atoms with Crippen molar-refractivity contribution in [3.63, 3.8) is 0 Å². The van der Waals surface area contributed by atoms with Crippen molar-refractivity contribution in [3.8, 4) is 5.75 Å². The Bertz CT molecular complexity index is 917. The second-order valence-electron chi connectivity index (χ2n) is 6.70. The van der Waals surface area contributed by atoms with Crippen LogP contribution in [0.25, 0.3) is 0 Å². The number of aromatic nitrogens is 2. The van der Waals surface area contributed by atoms with Gasteiger partial charge in [-0.3, -0.25) is 4.79 Å². The number of carbonyl (C=O) groups excluding carboxylic acids is 1. The van der Waals surface area contributed by atoms with Crippen LogP contribution in [0.15, 0.2) is 59.1 Å². The number of benzene rings is 2. The standard InChI is InChI=1S/C21H21N3O3/c1-26-18-10-6-5-9-16(18)12-19-22-21(27-23-19)17-13-24(14-17)20(25)11-15-7-3-2-4-8-15/h2-10,17H,11-14H2,1H3. The highest BCUT2D eigenvalue weighted by Crippen LogP contribution is 2.27. The summed E-state index contributed by atoms with van der Waals surface area (Å²) in [6.07, 6.45) is 0.979. The maximum absolute atomic E-state index is 12.3. The number of rotatable bonds is 6. The second-order valence-corrected chi connectivity index (χ2v) is 6.70. The van der Waals surface area contributed by atoms with E-state index < -0.39 is 0 Å². The number of methoxy groups -OCH3 is 1. The smallest absolute Gasteiger partial charge is 0.233 e. The quantitative estimate of drug-likeness (QED) is 0.674. The van der Waals surface area contributed by atoms with Crippen LogP contribution in [0.4, 0.5) is 0 Å². The van der Waals surface area contributed by atoms with E-state index in [1.165, 1.54) is 0 Å². The minimum absolute atomic E-state index is 0.114. The fraction of sp³-hybridized carbons (Fsp3) is 0.286. The van der Waals surface area contributed by atoms with Gasteiger partial charge in [0, 0.05) is 25.1 Å². The predicted octanol–water partition coefficient (Wildman–Crippen LogP) is 2.84. The summed E-state index contributed by atoms with van der Waals surface area (Å²) in [6.45, 7) is 1.25. The fourth-order valence-electron chi connectivity index (χ4n) is 3.25. The first-order valence-corrected chi connectivity index (χ1v) is 8.99. The Morgan fingerprint density at radius 2 is 1.89 bits per heavy atom. The molecule has 2 aromatic carbocycles. The van der Waals surface area contributed by atoms with Crippen LogP contribution >= 0.6 is 0 Å². The first-order valence-electron chi connectivity index (χ1n) is 8.99. The number of para-hydroxylation sites is 1. The molecule has 2 heterocycles. The zero-order valence-electron chi connectivity index (χ0n) is 15.2. The second kappa shape index (κ2) is 7.61. The van der Waals surface area contributed by atoms with Gasteiger partial charge in [-0.2, -0.15) is 4.98 Å². The molecule has 1 amide bonds. The van der Waals surface area contributed by atoms with Crippen molar-refractivity contribution < 1.29 is 14.1 Å². The third-order valence-electron chi connectivity index (χ3n) is 4.81. The lowest BCUT2D eigenvalue weighted by Crippen LogP contribution is -2.49. The topological polar surface area (TPSA) is 68.5 Å². The Morgan fingerprint density at radius 3 is 2.67 bits per heavy atom. The third kappa shape index (κ3) is 3.84. The number of carbonyl (C=O) groups is 1. The van der Waals surface area contributed by atoms with Crippen LogP contribution < -0.4 is 4.74 Å². The third-order valence-corrected chi connectivity index (χ3v) is 4.81. The van der Waals surface area contributed by atoms with E-state index >= 15 is 0 Å². The van der Waals surface area contributed by atoms with Gasteiger partial charge in [0.25, 0.3) is 0 Å². The maximum atomic E-state index is 12.3. The summed E-state index contributed by atoms with van der Waals surface area (Å²) in [5.41, 5.74) is 2.04. The average molecular weight is 363 g/mol. The van der Waals surface area contributed by atoms with Gasteiger partial charge < -0.3 is 14.2 Å². The first-order chi connectivity index (χ1) is 13.2. The lowest BCUT2D eigenvalue weighted by Gasteiger charge is -2.37. The van der Waals surface area contributed by atoms with Crippen molar-refractivity contribution in [2.24, 2.45) is 0 Å². The highest BCUT2D eigenvalue weighted by Gasteiger charge is 2.35. The Morgan fingerprint density at radius 1 is 1.15 bits per heavy atom. The molecule has 6 nitrogen and oxygen atoms in total. The molecule has 0 spiro atoms. The number of hydrogen-bond donors (Lipinski definition) is 0. The largest absolute Gasteiger partial charge is 0.496 e. The van der Waals surface area contributed by atoms with Crippen LogP contribution in [0.1, 0.15) is 28.8 Å². The Kier molecular flexibility index (Phi) is 4.87. The van der Waals surface area contributed by atoms with Crippen molar-refractivity contribution in [3.05, 3.63) is 77.4 Å². The predicted molar refractivity (Wildman–Crippen MR) is 99.6 cm³/mol. The number of ether oxygens (including phenoxy) is 1. The molecule has 0 saturated carbocycles. The van der Waals surface area contributed by atoms with Gasteiger partial charge in [-0.1, -0.05) is 53.7 Å². The monoisotopic (exact) mass is 363 g/mol. The van der Waals surface area contributed by atoms with E-state index in [9.17, 15) is 4.79 Å². The van der Waals surface area contributed by atoms with Crippen LogP contribution in [0.3, 0.4) is 0 Å². The maximum Gasteiger partial charge on any atom is 0.233 e. The summed E-state index contributed by atoms with van der Waals surface area (Å²) in [5, 5.41) is 4.08. The molecular formula is C21H21N3O3. The minimum Gasteiger partial charge on any atom is -0.496 e. The summed E-state index contributed by atoms with van der Waals surface area (Å²) in [4.78, 5) is 18.7. The molecule has 0 unspecified atom stereocenters. The summed E-state index contributed by atoms with van der Waals surface area (Å²) < 4.78 is 10.8. The molecule has 0 N–H and O–H groups in total. The molecule has 1 fully saturated rings. The summed E-state index contributed by atoms with van der Waals surface area (Å²) in [5.74, 6) is 2.28. The van der Waals surface area contributed by atoms with Gasteiger partial charge in [-0.25, -0.2) is 0 Å². The number of likely N-dealkylation sites (tertiary alicyclic amines) is 1. The van der Waals surface area contributed by atoms with Gasteiger partial charge in [-0.15, -0.1) is 0 Å². The normalized spacial score (nSPS) is 14.0.